The van der Waals surface area contributed by atoms with Gasteiger partial charge >= 0.3 is 0 Å². The Labute approximate surface area is 190 Å². The molecular weight excluding hydrogens is 426 g/mol. The number of hydrogen-bond acceptors (Lipinski definition) is 6. The quantitative estimate of drug-likeness (QED) is 0.603. The number of benzene rings is 2. The maximum atomic E-state index is 12.9. The summed E-state index contributed by atoms with van der Waals surface area (Å²) in [4.78, 5) is 31.5. The molecule has 0 bridgehead atoms. The number of anilines is 1. The van der Waals surface area contributed by atoms with Crippen molar-refractivity contribution < 1.29 is 19.1 Å². The van der Waals surface area contributed by atoms with Gasteiger partial charge < -0.3 is 19.7 Å². The Hall–Kier alpha value is -3.52. The molecule has 2 amide bonds. The summed E-state index contributed by atoms with van der Waals surface area (Å²) in [5.74, 6) is 2.19. The highest BCUT2D eigenvalue weighted by Crippen LogP contribution is 2.31. The number of aromatic nitrogens is 1. The molecule has 2 heterocycles. The lowest BCUT2D eigenvalue weighted by Crippen LogP contribution is -2.44. The van der Waals surface area contributed by atoms with E-state index >= 15 is 0 Å². The van der Waals surface area contributed by atoms with Crippen molar-refractivity contribution in [1.29, 1.82) is 0 Å². The maximum Gasteiger partial charge on any atom is 0.255 e. The molecule has 0 aliphatic carbocycles. The molecule has 2 aromatic carbocycles. The van der Waals surface area contributed by atoms with E-state index in [0.717, 1.165) is 5.56 Å². The number of thioether (sulfide) groups is 1. The van der Waals surface area contributed by atoms with Gasteiger partial charge in [0.15, 0.2) is 11.5 Å². The summed E-state index contributed by atoms with van der Waals surface area (Å²) in [6.07, 6.45) is 1.53. The van der Waals surface area contributed by atoms with Crippen molar-refractivity contribution in [3.8, 4) is 17.4 Å². The number of nitrogens with zero attached hydrogens (tertiary/aromatic N) is 2. The van der Waals surface area contributed by atoms with Crippen molar-refractivity contribution in [3.05, 3.63) is 78.0 Å². The predicted molar refractivity (Wildman–Crippen MR) is 124 cm³/mol. The fraction of sp³-hybridized carbons (Fsp3) is 0.208. The molecule has 1 saturated heterocycles. The zero-order chi connectivity index (χ0) is 22.5. The van der Waals surface area contributed by atoms with Crippen molar-refractivity contribution in [1.82, 2.24) is 9.88 Å². The average molecular weight is 450 g/mol. The summed E-state index contributed by atoms with van der Waals surface area (Å²) in [5.41, 5.74) is 2.16. The van der Waals surface area contributed by atoms with Crippen molar-refractivity contribution in [2.24, 2.45) is 0 Å². The molecule has 0 spiro atoms. The second-order valence-electron chi connectivity index (χ2n) is 7.29. The van der Waals surface area contributed by atoms with Crippen LogP contribution in [0.3, 0.4) is 0 Å². The highest BCUT2D eigenvalue weighted by molar-refractivity contribution is 7.99. The molecule has 1 aliphatic heterocycles. The summed E-state index contributed by atoms with van der Waals surface area (Å²) in [6, 6.07) is 17.5. The summed E-state index contributed by atoms with van der Waals surface area (Å²) in [6.45, 7) is 1.97. The number of hydrogen-bond donors (Lipinski definition) is 1. The first-order valence-electron chi connectivity index (χ1n) is 10.1. The molecule has 32 heavy (non-hydrogen) atoms. The van der Waals surface area contributed by atoms with Crippen LogP contribution in [0.25, 0.3) is 0 Å². The number of ether oxygens (including phenoxy) is 2. The third kappa shape index (κ3) is 4.86. The first-order valence-corrected chi connectivity index (χ1v) is 11.2. The molecule has 1 atom stereocenters. The lowest BCUT2D eigenvalue weighted by Gasteiger charge is -2.23. The Bertz CT molecular complexity index is 1110. The second kappa shape index (κ2) is 9.74. The van der Waals surface area contributed by atoms with Crippen LogP contribution in [0.1, 0.15) is 15.9 Å². The SMILES string of the molecule is COc1cc(C)ccc1Oc1ccc(NC(=O)[C@H]2CSCN2C(=O)c2ccccc2)cn1. The zero-order valence-electron chi connectivity index (χ0n) is 17.8. The number of carbonyl (C=O) groups excluding carboxylic acids is 2. The molecule has 164 valence electrons. The van der Waals surface area contributed by atoms with Crippen LogP contribution in [0, 0.1) is 6.92 Å². The minimum Gasteiger partial charge on any atom is -0.493 e. The van der Waals surface area contributed by atoms with Gasteiger partial charge in [-0.2, -0.15) is 0 Å². The number of carbonyl (C=O) groups is 2. The lowest BCUT2D eigenvalue weighted by molar-refractivity contribution is -0.119. The van der Waals surface area contributed by atoms with Gasteiger partial charge in [-0.25, -0.2) is 4.98 Å². The van der Waals surface area contributed by atoms with E-state index < -0.39 is 6.04 Å². The van der Waals surface area contributed by atoms with Gasteiger partial charge in [-0.1, -0.05) is 24.3 Å². The van der Waals surface area contributed by atoms with E-state index in [9.17, 15) is 9.59 Å². The molecule has 0 saturated carbocycles. The topological polar surface area (TPSA) is 80.8 Å². The lowest BCUT2D eigenvalue weighted by atomic mass is 10.1. The number of pyridine rings is 1. The fourth-order valence-corrected chi connectivity index (χ4v) is 4.47. The maximum absolute atomic E-state index is 12.9. The number of nitrogens with one attached hydrogen (secondary N) is 1. The minimum atomic E-state index is -0.541. The van der Waals surface area contributed by atoms with Gasteiger partial charge in [0.05, 0.1) is 24.9 Å². The largest absolute Gasteiger partial charge is 0.493 e. The number of amides is 2. The van der Waals surface area contributed by atoms with Gasteiger partial charge in [0.1, 0.15) is 6.04 Å². The summed E-state index contributed by atoms with van der Waals surface area (Å²) in [5, 5.41) is 2.85. The van der Waals surface area contributed by atoms with Crippen LogP contribution in [0.15, 0.2) is 66.9 Å². The first kappa shape index (κ1) is 21.7. The highest BCUT2D eigenvalue weighted by atomic mass is 32.2. The van der Waals surface area contributed by atoms with E-state index in [2.05, 4.69) is 10.3 Å². The van der Waals surface area contributed by atoms with Gasteiger partial charge in [0.25, 0.3) is 5.91 Å². The Kier molecular flexibility index (Phi) is 6.61. The van der Waals surface area contributed by atoms with Crippen molar-refractivity contribution in [3.63, 3.8) is 0 Å². The third-order valence-electron chi connectivity index (χ3n) is 5.00. The Morgan fingerprint density at radius 2 is 1.91 bits per heavy atom. The predicted octanol–water partition coefficient (Wildman–Crippen LogP) is 4.34. The molecule has 1 aromatic heterocycles. The van der Waals surface area contributed by atoms with Gasteiger partial charge in [-0.05, 0) is 42.8 Å². The molecule has 1 N–H and O–H groups in total. The first-order chi connectivity index (χ1) is 15.5. The smallest absolute Gasteiger partial charge is 0.255 e. The third-order valence-corrected chi connectivity index (χ3v) is 6.02. The van der Waals surface area contributed by atoms with E-state index in [0.29, 0.717) is 40.3 Å². The van der Waals surface area contributed by atoms with Crippen LogP contribution in [0.4, 0.5) is 5.69 Å². The Morgan fingerprint density at radius 3 is 2.62 bits per heavy atom. The van der Waals surface area contributed by atoms with Gasteiger partial charge in [0, 0.05) is 17.4 Å². The van der Waals surface area contributed by atoms with Crippen LogP contribution in [0.5, 0.6) is 17.4 Å². The van der Waals surface area contributed by atoms with Crippen LogP contribution < -0.4 is 14.8 Å². The fourth-order valence-electron chi connectivity index (χ4n) is 3.32. The summed E-state index contributed by atoms with van der Waals surface area (Å²) in [7, 11) is 1.58. The number of rotatable bonds is 6. The van der Waals surface area contributed by atoms with Crippen molar-refractivity contribution in [2.45, 2.75) is 13.0 Å². The van der Waals surface area contributed by atoms with E-state index in [1.165, 1.54) is 6.20 Å². The van der Waals surface area contributed by atoms with Gasteiger partial charge in [-0.3, -0.25) is 9.59 Å². The molecule has 8 heteroatoms. The Morgan fingerprint density at radius 1 is 1.09 bits per heavy atom. The highest BCUT2D eigenvalue weighted by Gasteiger charge is 2.35. The molecule has 1 aliphatic rings. The number of methoxy groups -OCH3 is 1. The molecule has 0 radical (unpaired) electrons. The standard InChI is InChI=1S/C24H23N3O4S/c1-16-8-10-20(21(12-16)30-2)31-22-11-9-18(13-25-22)26-23(28)19-14-32-15-27(19)24(29)17-6-4-3-5-7-17/h3-13,19H,14-15H2,1-2H3,(H,26,28)/t19-/m1/s1. The van der Waals surface area contributed by atoms with E-state index in [-0.39, 0.29) is 11.8 Å². The average Bonchev–Trinajstić information content (AvgIpc) is 3.31. The molecule has 0 unspecified atom stereocenters. The zero-order valence-corrected chi connectivity index (χ0v) is 18.6. The van der Waals surface area contributed by atoms with E-state index in [1.807, 2.05) is 43.3 Å². The molecular formula is C24H23N3O4S. The molecule has 7 nitrogen and oxygen atoms in total. The second-order valence-corrected chi connectivity index (χ2v) is 8.29. The van der Waals surface area contributed by atoms with Crippen LogP contribution in [0.2, 0.25) is 0 Å². The molecule has 3 aromatic rings. The molecule has 1 fully saturated rings. The minimum absolute atomic E-state index is 0.148. The summed E-state index contributed by atoms with van der Waals surface area (Å²) < 4.78 is 11.2. The van der Waals surface area contributed by atoms with Crippen LogP contribution >= 0.6 is 11.8 Å². The summed E-state index contributed by atoms with van der Waals surface area (Å²) >= 11 is 1.56. The molecule has 4 rings (SSSR count). The monoisotopic (exact) mass is 449 g/mol. The normalized spacial score (nSPS) is 15.3. The van der Waals surface area contributed by atoms with Gasteiger partial charge in [-0.15, -0.1) is 11.8 Å². The van der Waals surface area contributed by atoms with Crippen molar-refractivity contribution in [2.75, 3.05) is 24.1 Å². The Balaban J connectivity index is 1.41. The van der Waals surface area contributed by atoms with E-state index in [4.69, 9.17) is 9.47 Å². The van der Waals surface area contributed by atoms with Gasteiger partial charge in [0.2, 0.25) is 11.8 Å². The number of aryl methyl sites for hydroxylation is 1. The van der Waals surface area contributed by atoms with Crippen LogP contribution in [-0.4, -0.2) is 46.5 Å². The van der Waals surface area contributed by atoms with E-state index in [1.54, 1.807) is 48.0 Å². The van der Waals surface area contributed by atoms with Crippen molar-refractivity contribution >= 4 is 29.3 Å². The van der Waals surface area contributed by atoms with Crippen LogP contribution in [-0.2, 0) is 4.79 Å².